The van der Waals surface area contributed by atoms with Crippen molar-refractivity contribution >= 4 is 12.2 Å². The molecule has 168 valence electrons. The molecule has 0 atom stereocenters. The van der Waals surface area contributed by atoms with Crippen molar-refractivity contribution in [2.75, 3.05) is 0 Å². The smallest absolute Gasteiger partial charge is 0.275 e. The van der Waals surface area contributed by atoms with E-state index in [2.05, 4.69) is 0 Å². The lowest BCUT2D eigenvalue weighted by Crippen LogP contribution is -2.57. The van der Waals surface area contributed by atoms with Crippen molar-refractivity contribution < 1.29 is 10.2 Å². The third kappa shape index (κ3) is 4.67. The molecule has 4 rings (SSSR count). The van der Waals surface area contributed by atoms with Crippen LogP contribution in [0.15, 0.2) is 82.4 Å². The van der Waals surface area contributed by atoms with Crippen molar-refractivity contribution in [3.63, 3.8) is 0 Å². The molecule has 7 nitrogen and oxygen atoms in total. The average molecular weight is 444 g/mol. The van der Waals surface area contributed by atoms with Crippen LogP contribution in [0.4, 0.5) is 0 Å². The van der Waals surface area contributed by atoms with Gasteiger partial charge in [0.05, 0.1) is 0 Å². The van der Waals surface area contributed by atoms with E-state index < -0.39 is 0 Å². The Hall–Kier alpha value is -4.26. The Labute approximate surface area is 190 Å². The second kappa shape index (κ2) is 9.48. The number of hydrogen-bond donors (Lipinski definition) is 2. The van der Waals surface area contributed by atoms with Gasteiger partial charge in [0.15, 0.2) is 11.8 Å². The van der Waals surface area contributed by atoms with E-state index in [-0.39, 0.29) is 46.7 Å². The van der Waals surface area contributed by atoms with Gasteiger partial charge in [0, 0.05) is 32.3 Å². The predicted molar refractivity (Wildman–Crippen MR) is 128 cm³/mol. The van der Waals surface area contributed by atoms with E-state index in [4.69, 9.17) is 0 Å². The van der Waals surface area contributed by atoms with Crippen molar-refractivity contribution in [2.45, 2.75) is 19.5 Å². The first-order chi connectivity index (χ1) is 16.0. The highest BCUT2D eigenvalue weighted by Crippen LogP contribution is 2.20. The molecular weight excluding hydrogens is 418 g/mol. The lowest BCUT2D eigenvalue weighted by molar-refractivity contribution is 0.359. The third-order valence-electron chi connectivity index (χ3n) is 5.54. The molecule has 2 aromatic carbocycles. The van der Waals surface area contributed by atoms with Crippen LogP contribution in [0.2, 0.25) is 0 Å². The Bertz CT molecular complexity index is 1480. The largest absolute Gasteiger partial charge is 0.494 e. The van der Waals surface area contributed by atoms with Gasteiger partial charge in [0.2, 0.25) is 0 Å². The molecule has 0 aliphatic rings. The Kier molecular flexibility index (Phi) is 6.31. The number of rotatable bonds is 6. The summed E-state index contributed by atoms with van der Waals surface area (Å²) >= 11 is 0. The highest BCUT2D eigenvalue weighted by Gasteiger charge is 2.10. The molecule has 0 radical (unpaired) electrons. The zero-order valence-electron chi connectivity index (χ0n) is 18.3. The molecule has 4 aromatic rings. The standard InChI is InChI=1S/C26H25N3O4/c1-27-21(17-19-9-4-2-5-10-19)26(33)28(15-8-16-29-23(30)13-14-24(29)31)22(25(27)32)18-20-11-6-3-7-12-20/h2-7,9-14,17-18,30-31H,8,15-16H2,1H3. The van der Waals surface area contributed by atoms with E-state index >= 15 is 0 Å². The fraction of sp³-hybridized carbons (Fsp3) is 0.154. The van der Waals surface area contributed by atoms with Gasteiger partial charge in [0.25, 0.3) is 11.1 Å². The van der Waals surface area contributed by atoms with Crippen LogP contribution in [0.3, 0.4) is 0 Å². The molecule has 0 aliphatic carbocycles. The summed E-state index contributed by atoms with van der Waals surface area (Å²) in [6.45, 7) is 0.523. The molecule has 0 amide bonds. The first kappa shape index (κ1) is 22.0. The van der Waals surface area contributed by atoms with Gasteiger partial charge in [-0.1, -0.05) is 60.7 Å². The summed E-state index contributed by atoms with van der Waals surface area (Å²) in [5.41, 5.74) is 1.05. The summed E-state index contributed by atoms with van der Waals surface area (Å²) < 4.78 is 4.20. The summed E-state index contributed by atoms with van der Waals surface area (Å²) in [4.78, 5) is 26.9. The van der Waals surface area contributed by atoms with Gasteiger partial charge in [-0.3, -0.25) is 14.2 Å². The summed E-state index contributed by atoms with van der Waals surface area (Å²) in [7, 11) is 1.60. The average Bonchev–Trinajstić information content (AvgIpc) is 3.15. The van der Waals surface area contributed by atoms with Crippen LogP contribution in [0, 0.1) is 0 Å². The van der Waals surface area contributed by atoms with E-state index in [0.717, 1.165) is 11.1 Å². The van der Waals surface area contributed by atoms with E-state index in [1.165, 1.54) is 25.8 Å². The number of nitrogens with zero attached hydrogens (tertiary/aromatic N) is 3. The molecule has 0 spiro atoms. The van der Waals surface area contributed by atoms with Crippen LogP contribution in [-0.4, -0.2) is 23.9 Å². The maximum Gasteiger partial charge on any atom is 0.275 e. The lowest BCUT2D eigenvalue weighted by Gasteiger charge is -2.11. The van der Waals surface area contributed by atoms with Crippen molar-refractivity contribution in [2.24, 2.45) is 7.05 Å². The van der Waals surface area contributed by atoms with E-state index in [1.807, 2.05) is 60.7 Å². The first-order valence-electron chi connectivity index (χ1n) is 10.7. The van der Waals surface area contributed by atoms with Crippen molar-refractivity contribution in [3.8, 4) is 11.8 Å². The van der Waals surface area contributed by atoms with Crippen LogP contribution in [-0.2, 0) is 20.1 Å². The first-order valence-corrected chi connectivity index (χ1v) is 10.7. The minimum Gasteiger partial charge on any atom is -0.494 e. The molecular formula is C26H25N3O4. The fourth-order valence-corrected chi connectivity index (χ4v) is 3.78. The summed E-state index contributed by atoms with van der Waals surface area (Å²) in [5, 5.41) is 20.3. The number of hydrogen-bond acceptors (Lipinski definition) is 4. The minimum absolute atomic E-state index is 0.0574. The molecule has 2 heterocycles. The van der Waals surface area contributed by atoms with Crippen LogP contribution >= 0.6 is 0 Å². The molecule has 0 aliphatic heterocycles. The highest BCUT2D eigenvalue weighted by molar-refractivity contribution is 5.49. The maximum absolute atomic E-state index is 13.5. The summed E-state index contributed by atoms with van der Waals surface area (Å²) in [6.07, 6.45) is 3.83. The normalized spacial score (nSPS) is 12.4. The predicted octanol–water partition coefficient (Wildman–Crippen LogP) is 1.51. The molecule has 0 saturated carbocycles. The van der Waals surface area contributed by atoms with Crippen LogP contribution in [0.1, 0.15) is 17.5 Å². The van der Waals surface area contributed by atoms with Gasteiger partial charge in [-0.2, -0.15) is 0 Å². The van der Waals surface area contributed by atoms with Crippen molar-refractivity contribution in [1.29, 1.82) is 0 Å². The molecule has 0 unspecified atom stereocenters. The third-order valence-corrected chi connectivity index (χ3v) is 5.54. The van der Waals surface area contributed by atoms with Crippen LogP contribution in [0.5, 0.6) is 11.8 Å². The number of aromatic nitrogens is 3. The Balaban J connectivity index is 1.86. The van der Waals surface area contributed by atoms with Crippen molar-refractivity contribution in [3.05, 3.63) is 115 Å². The van der Waals surface area contributed by atoms with E-state index in [0.29, 0.717) is 6.42 Å². The van der Waals surface area contributed by atoms with Crippen LogP contribution < -0.4 is 21.8 Å². The monoisotopic (exact) mass is 443 g/mol. The Morgan fingerprint density at radius 1 is 0.667 bits per heavy atom. The van der Waals surface area contributed by atoms with Crippen LogP contribution in [0.25, 0.3) is 12.2 Å². The second-order valence-electron chi connectivity index (χ2n) is 7.76. The van der Waals surface area contributed by atoms with Gasteiger partial charge < -0.3 is 19.3 Å². The SMILES string of the molecule is Cn1c(=O)c(=Cc2ccccc2)n(CCCn2c(O)ccc2O)c(=O)c1=Cc1ccccc1. The zero-order chi connectivity index (χ0) is 23.4. The zero-order valence-corrected chi connectivity index (χ0v) is 18.3. The number of benzene rings is 2. The second-order valence-corrected chi connectivity index (χ2v) is 7.76. The van der Waals surface area contributed by atoms with Crippen molar-refractivity contribution in [1.82, 2.24) is 13.7 Å². The Morgan fingerprint density at radius 3 is 1.70 bits per heavy atom. The molecule has 2 N–H and O–H groups in total. The van der Waals surface area contributed by atoms with Gasteiger partial charge in [-0.05, 0) is 29.7 Å². The molecule has 0 bridgehead atoms. The molecule has 7 heteroatoms. The van der Waals surface area contributed by atoms with Gasteiger partial charge in [-0.15, -0.1) is 0 Å². The Morgan fingerprint density at radius 2 is 1.15 bits per heavy atom. The summed E-state index contributed by atoms with van der Waals surface area (Å²) in [6, 6.07) is 21.5. The number of aromatic hydroxyl groups is 2. The molecule has 33 heavy (non-hydrogen) atoms. The summed E-state index contributed by atoms with van der Waals surface area (Å²) in [5.74, 6) is -0.115. The lowest BCUT2D eigenvalue weighted by atomic mass is 10.2. The quantitative estimate of drug-likeness (QED) is 0.473. The van der Waals surface area contributed by atoms with E-state index in [1.54, 1.807) is 19.2 Å². The molecule has 2 aromatic heterocycles. The molecule has 0 saturated heterocycles. The van der Waals surface area contributed by atoms with E-state index in [9.17, 15) is 19.8 Å². The topological polar surface area (TPSA) is 89.4 Å². The highest BCUT2D eigenvalue weighted by atomic mass is 16.3. The maximum atomic E-state index is 13.5. The van der Waals surface area contributed by atoms with Gasteiger partial charge in [-0.25, -0.2) is 0 Å². The molecule has 0 fully saturated rings. The van der Waals surface area contributed by atoms with Gasteiger partial charge >= 0.3 is 0 Å². The van der Waals surface area contributed by atoms with Gasteiger partial charge in [0.1, 0.15) is 10.7 Å². The fourth-order valence-electron chi connectivity index (χ4n) is 3.78. The minimum atomic E-state index is -0.288.